The van der Waals surface area contributed by atoms with Crippen molar-refractivity contribution in [1.82, 2.24) is 20.3 Å². The Morgan fingerprint density at radius 2 is 1.88 bits per heavy atom. The molecule has 0 aliphatic carbocycles. The zero-order chi connectivity index (χ0) is 17.6. The third kappa shape index (κ3) is 4.23. The standard InChI is InChI=1S/C17H21N5O3/c23-16(20-25)6-8-21-9-11-22(12-10-21)17(24)19-15-5-7-18-14-4-2-1-3-13(14)15/h1-5,7,25H,6,8-12H2,(H,20,23)(H,18,19,24). The van der Waals surface area contributed by atoms with Crippen molar-refractivity contribution in [2.24, 2.45) is 0 Å². The smallest absolute Gasteiger partial charge is 0.321 e. The van der Waals surface area contributed by atoms with E-state index in [2.05, 4.69) is 15.2 Å². The molecule has 8 nitrogen and oxygen atoms in total. The highest BCUT2D eigenvalue weighted by Gasteiger charge is 2.21. The summed E-state index contributed by atoms with van der Waals surface area (Å²) in [5, 5.41) is 12.4. The zero-order valence-corrected chi connectivity index (χ0v) is 13.8. The second-order valence-electron chi connectivity index (χ2n) is 5.92. The molecule has 3 rings (SSSR count). The Morgan fingerprint density at radius 3 is 2.64 bits per heavy atom. The maximum absolute atomic E-state index is 12.5. The molecule has 1 aliphatic heterocycles. The van der Waals surface area contributed by atoms with Gasteiger partial charge in [-0.3, -0.25) is 19.9 Å². The molecule has 1 aromatic heterocycles. The highest BCUT2D eigenvalue weighted by Crippen LogP contribution is 2.21. The van der Waals surface area contributed by atoms with Crippen LogP contribution in [-0.2, 0) is 4.79 Å². The van der Waals surface area contributed by atoms with Gasteiger partial charge in [0.2, 0.25) is 5.91 Å². The largest absolute Gasteiger partial charge is 0.322 e. The number of pyridine rings is 1. The summed E-state index contributed by atoms with van der Waals surface area (Å²) in [7, 11) is 0. The second kappa shape index (κ2) is 7.91. The Balaban J connectivity index is 1.55. The number of para-hydroxylation sites is 1. The lowest BCUT2D eigenvalue weighted by Gasteiger charge is -2.34. The number of rotatable bonds is 4. The average Bonchev–Trinajstić information content (AvgIpc) is 2.66. The maximum Gasteiger partial charge on any atom is 0.321 e. The number of hydrogen-bond donors (Lipinski definition) is 3. The SMILES string of the molecule is O=C(CCN1CCN(C(=O)Nc2ccnc3ccccc23)CC1)NO. The van der Waals surface area contributed by atoms with Gasteiger partial charge in [-0.15, -0.1) is 0 Å². The van der Waals surface area contributed by atoms with Gasteiger partial charge in [0.05, 0.1) is 11.2 Å². The van der Waals surface area contributed by atoms with Crippen molar-refractivity contribution in [1.29, 1.82) is 0 Å². The summed E-state index contributed by atoms with van der Waals surface area (Å²) in [6.07, 6.45) is 1.92. The summed E-state index contributed by atoms with van der Waals surface area (Å²) in [4.78, 5) is 31.7. The molecule has 25 heavy (non-hydrogen) atoms. The number of carbonyl (C=O) groups excluding carboxylic acids is 2. The highest BCUT2D eigenvalue weighted by atomic mass is 16.5. The number of nitrogens with zero attached hydrogens (tertiary/aromatic N) is 3. The number of piperazine rings is 1. The quantitative estimate of drug-likeness (QED) is 0.574. The lowest BCUT2D eigenvalue weighted by molar-refractivity contribution is -0.129. The van der Waals surface area contributed by atoms with E-state index in [1.807, 2.05) is 24.3 Å². The fourth-order valence-electron chi connectivity index (χ4n) is 2.89. The number of anilines is 1. The van der Waals surface area contributed by atoms with Crippen molar-refractivity contribution in [2.45, 2.75) is 6.42 Å². The first-order valence-corrected chi connectivity index (χ1v) is 8.22. The van der Waals surface area contributed by atoms with Gasteiger partial charge in [0, 0.05) is 50.7 Å². The first kappa shape index (κ1) is 17.1. The fourth-order valence-corrected chi connectivity index (χ4v) is 2.89. The van der Waals surface area contributed by atoms with Crippen molar-refractivity contribution >= 4 is 28.5 Å². The third-order valence-corrected chi connectivity index (χ3v) is 4.33. The maximum atomic E-state index is 12.5. The molecule has 1 fully saturated rings. The molecule has 1 saturated heterocycles. The normalized spacial score (nSPS) is 15.2. The van der Waals surface area contributed by atoms with Crippen LogP contribution in [0, 0.1) is 0 Å². The lowest BCUT2D eigenvalue weighted by Crippen LogP contribution is -2.50. The Bertz CT molecular complexity index is 754. The first-order chi connectivity index (χ1) is 12.2. The van der Waals surface area contributed by atoms with Gasteiger partial charge in [0.15, 0.2) is 0 Å². The number of benzene rings is 1. The Hall–Kier alpha value is -2.71. The van der Waals surface area contributed by atoms with Crippen LogP contribution in [0.25, 0.3) is 10.9 Å². The molecular weight excluding hydrogens is 322 g/mol. The fraction of sp³-hybridized carbons (Fsp3) is 0.353. The summed E-state index contributed by atoms with van der Waals surface area (Å²) in [6, 6.07) is 9.33. The summed E-state index contributed by atoms with van der Waals surface area (Å²) in [5.41, 5.74) is 3.22. The number of hydrogen-bond acceptors (Lipinski definition) is 5. The molecule has 1 aliphatic rings. The zero-order valence-electron chi connectivity index (χ0n) is 13.8. The van der Waals surface area contributed by atoms with Crippen LogP contribution in [0.15, 0.2) is 36.5 Å². The lowest BCUT2D eigenvalue weighted by atomic mass is 10.2. The molecule has 1 aromatic carbocycles. The number of nitrogens with one attached hydrogen (secondary N) is 2. The van der Waals surface area contributed by atoms with E-state index >= 15 is 0 Å². The molecular formula is C17H21N5O3. The highest BCUT2D eigenvalue weighted by molar-refractivity contribution is 6.00. The summed E-state index contributed by atoms with van der Waals surface area (Å²) >= 11 is 0. The monoisotopic (exact) mass is 343 g/mol. The molecule has 0 radical (unpaired) electrons. The minimum Gasteiger partial charge on any atom is -0.322 e. The molecule has 8 heteroatoms. The topological polar surface area (TPSA) is 97.8 Å². The van der Waals surface area contributed by atoms with Crippen molar-refractivity contribution < 1.29 is 14.8 Å². The molecule has 0 spiro atoms. The van der Waals surface area contributed by atoms with Gasteiger partial charge in [0.25, 0.3) is 0 Å². The summed E-state index contributed by atoms with van der Waals surface area (Å²) in [5.74, 6) is -0.398. The van der Waals surface area contributed by atoms with Gasteiger partial charge >= 0.3 is 6.03 Å². The van der Waals surface area contributed by atoms with Crippen molar-refractivity contribution in [3.8, 4) is 0 Å². The van der Waals surface area contributed by atoms with Crippen molar-refractivity contribution in [3.05, 3.63) is 36.5 Å². The van der Waals surface area contributed by atoms with E-state index in [-0.39, 0.29) is 12.5 Å². The van der Waals surface area contributed by atoms with Gasteiger partial charge in [-0.05, 0) is 12.1 Å². The van der Waals surface area contributed by atoms with E-state index in [9.17, 15) is 9.59 Å². The van der Waals surface area contributed by atoms with Crippen LogP contribution in [0.5, 0.6) is 0 Å². The molecule has 0 unspecified atom stereocenters. The summed E-state index contributed by atoms with van der Waals surface area (Å²) < 4.78 is 0. The van der Waals surface area contributed by atoms with Gasteiger partial charge in [0.1, 0.15) is 0 Å². The molecule has 3 amide bonds. The van der Waals surface area contributed by atoms with Crippen LogP contribution in [-0.4, -0.2) is 64.7 Å². The predicted molar refractivity (Wildman–Crippen MR) is 93.3 cm³/mol. The number of fused-ring (bicyclic) bond motifs is 1. The molecule has 3 N–H and O–H groups in total. The molecule has 0 atom stereocenters. The predicted octanol–water partition coefficient (Wildman–Crippen LogP) is 1.28. The molecule has 132 valence electrons. The van der Waals surface area contributed by atoms with Crippen LogP contribution < -0.4 is 10.8 Å². The van der Waals surface area contributed by atoms with E-state index in [0.717, 1.165) is 16.6 Å². The van der Waals surface area contributed by atoms with Crippen LogP contribution in [0.1, 0.15) is 6.42 Å². The number of carbonyl (C=O) groups is 2. The number of urea groups is 1. The van der Waals surface area contributed by atoms with Gasteiger partial charge < -0.3 is 10.2 Å². The molecule has 0 bridgehead atoms. The van der Waals surface area contributed by atoms with Crippen LogP contribution in [0.2, 0.25) is 0 Å². The third-order valence-electron chi connectivity index (χ3n) is 4.33. The minimum absolute atomic E-state index is 0.135. The van der Waals surface area contributed by atoms with E-state index in [1.165, 1.54) is 0 Å². The minimum atomic E-state index is -0.398. The van der Waals surface area contributed by atoms with Gasteiger partial charge in [-0.25, -0.2) is 10.3 Å². The van der Waals surface area contributed by atoms with E-state index < -0.39 is 5.91 Å². The Kier molecular flexibility index (Phi) is 5.42. The number of amides is 3. The van der Waals surface area contributed by atoms with E-state index in [0.29, 0.717) is 32.7 Å². The van der Waals surface area contributed by atoms with E-state index in [4.69, 9.17) is 5.21 Å². The molecule has 2 heterocycles. The van der Waals surface area contributed by atoms with Crippen LogP contribution in [0.4, 0.5) is 10.5 Å². The van der Waals surface area contributed by atoms with Crippen LogP contribution in [0.3, 0.4) is 0 Å². The van der Waals surface area contributed by atoms with Crippen LogP contribution >= 0.6 is 0 Å². The van der Waals surface area contributed by atoms with Crippen molar-refractivity contribution in [3.63, 3.8) is 0 Å². The average molecular weight is 343 g/mol. The second-order valence-corrected chi connectivity index (χ2v) is 5.92. The van der Waals surface area contributed by atoms with Crippen molar-refractivity contribution in [2.75, 3.05) is 38.0 Å². The number of aromatic nitrogens is 1. The molecule has 2 aromatic rings. The molecule has 0 saturated carbocycles. The summed E-state index contributed by atoms with van der Waals surface area (Å²) in [6.45, 7) is 3.15. The Morgan fingerprint density at radius 1 is 1.12 bits per heavy atom. The first-order valence-electron chi connectivity index (χ1n) is 8.22. The van der Waals surface area contributed by atoms with Gasteiger partial charge in [-0.2, -0.15) is 0 Å². The Labute approximate surface area is 145 Å². The van der Waals surface area contributed by atoms with Gasteiger partial charge in [-0.1, -0.05) is 18.2 Å². The number of hydroxylamine groups is 1. The van der Waals surface area contributed by atoms with E-state index in [1.54, 1.807) is 22.6 Å².